The zero-order valence-corrected chi connectivity index (χ0v) is 8.39. The molecule has 3 heteroatoms. The van der Waals surface area contributed by atoms with Gasteiger partial charge in [0.05, 0.1) is 0 Å². The van der Waals surface area contributed by atoms with E-state index < -0.39 is 0 Å². The summed E-state index contributed by atoms with van der Waals surface area (Å²) in [6.45, 7) is 9.50. The molecule has 12 heavy (non-hydrogen) atoms. The van der Waals surface area contributed by atoms with Crippen molar-refractivity contribution in [1.29, 1.82) is 0 Å². The Bertz CT molecular complexity index is 126. The highest BCUT2D eigenvalue weighted by Crippen LogP contribution is 1.91. The lowest BCUT2D eigenvalue weighted by molar-refractivity contribution is -0.130. The zero-order chi connectivity index (χ0) is 9.40. The molecule has 0 bridgehead atoms. The van der Waals surface area contributed by atoms with E-state index in [0.717, 1.165) is 26.2 Å². The topological polar surface area (TPSA) is 32.3 Å². The molecule has 0 rings (SSSR count). The lowest BCUT2D eigenvalue weighted by Crippen LogP contribution is -2.36. The molecule has 3 nitrogen and oxygen atoms in total. The fraction of sp³-hybridized carbons (Fsp3) is 0.889. The average Bonchev–Trinajstić information content (AvgIpc) is 2.11. The van der Waals surface area contributed by atoms with Gasteiger partial charge in [0.25, 0.3) is 0 Å². The Morgan fingerprint density at radius 3 is 2.42 bits per heavy atom. The Labute approximate surface area is 75.1 Å². The third-order valence-electron chi connectivity index (χ3n) is 1.85. The Morgan fingerprint density at radius 2 is 2.00 bits per heavy atom. The maximum absolute atomic E-state index is 11.2. The molecule has 0 aromatic carbocycles. The maximum atomic E-state index is 11.2. The van der Waals surface area contributed by atoms with E-state index in [4.69, 9.17) is 0 Å². The largest absolute Gasteiger partial charge is 0.342 e. The van der Waals surface area contributed by atoms with Gasteiger partial charge in [0.2, 0.25) is 5.91 Å². The smallest absolute Gasteiger partial charge is 0.222 e. The highest BCUT2D eigenvalue weighted by molar-refractivity contribution is 5.75. The van der Waals surface area contributed by atoms with Crippen LogP contribution in [-0.2, 0) is 4.79 Å². The minimum absolute atomic E-state index is 0.246. The lowest BCUT2D eigenvalue weighted by atomic mass is 10.4. The summed E-state index contributed by atoms with van der Waals surface area (Å²) in [4.78, 5) is 13.1. The van der Waals surface area contributed by atoms with E-state index in [1.165, 1.54) is 0 Å². The van der Waals surface area contributed by atoms with Crippen LogP contribution in [0.4, 0.5) is 0 Å². The second-order valence-corrected chi connectivity index (χ2v) is 2.68. The van der Waals surface area contributed by atoms with Crippen molar-refractivity contribution in [1.82, 2.24) is 10.2 Å². The summed E-state index contributed by atoms with van der Waals surface area (Å²) in [5, 5.41) is 3.20. The molecule has 0 fully saturated rings. The molecule has 1 amide bonds. The number of hydrogen-bond donors (Lipinski definition) is 1. The molecule has 0 saturated carbocycles. The molecular weight excluding hydrogens is 152 g/mol. The molecule has 0 aromatic rings. The van der Waals surface area contributed by atoms with Crippen molar-refractivity contribution in [2.75, 3.05) is 26.2 Å². The molecule has 0 aliphatic carbocycles. The SMILES string of the molecule is CCNCCN(CC)C(=O)CC. The van der Waals surface area contributed by atoms with Gasteiger partial charge < -0.3 is 10.2 Å². The quantitative estimate of drug-likeness (QED) is 0.603. The summed E-state index contributed by atoms with van der Waals surface area (Å²) in [6.07, 6.45) is 0.611. The van der Waals surface area contributed by atoms with Crippen LogP contribution in [0.5, 0.6) is 0 Å². The first kappa shape index (κ1) is 11.4. The number of hydrogen-bond acceptors (Lipinski definition) is 2. The average molecular weight is 172 g/mol. The van der Waals surface area contributed by atoms with Crippen LogP contribution in [0.3, 0.4) is 0 Å². The Kier molecular flexibility index (Phi) is 6.76. The second-order valence-electron chi connectivity index (χ2n) is 2.68. The van der Waals surface area contributed by atoms with Gasteiger partial charge in [0.1, 0.15) is 0 Å². The Morgan fingerprint density at radius 1 is 1.33 bits per heavy atom. The molecule has 0 heterocycles. The molecule has 0 spiro atoms. The van der Waals surface area contributed by atoms with Crippen molar-refractivity contribution in [2.45, 2.75) is 27.2 Å². The van der Waals surface area contributed by atoms with Crippen LogP contribution in [-0.4, -0.2) is 37.0 Å². The fourth-order valence-corrected chi connectivity index (χ4v) is 1.07. The second kappa shape index (κ2) is 7.10. The summed E-state index contributed by atoms with van der Waals surface area (Å²) in [5.41, 5.74) is 0. The normalized spacial score (nSPS) is 9.92. The van der Waals surface area contributed by atoms with Crippen LogP contribution in [0.2, 0.25) is 0 Å². The summed E-state index contributed by atoms with van der Waals surface area (Å²) in [5.74, 6) is 0.246. The lowest BCUT2D eigenvalue weighted by Gasteiger charge is -2.19. The van der Waals surface area contributed by atoms with Crippen molar-refractivity contribution in [2.24, 2.45) is 0 Å². The third kappa shape index (κ3) is 4.34. The minimum atomic E-state index is 0.246. The Balaban J connectivity index is 3.60. The van der Waals surface area contributed by atoms with E-state index in [1.54, 1.807) is 0 Å². The minimum Gasteiger partial charge on any atom is -0.342 e. The van der Waals surface area contributed by atoms with Gasteiger partial charge in [-0.15, -0.1) is 0 Å². The van der Waals surface area contributed by atoms with E-state index in [1.807, 2.05) is 18.7 Å². The zero-order valence-electron chi connectivity index (χ0n) is 8.39. The van der Waals surface area contributed by atoms with Crippen molar-refractivity contribution in [3.63, 3.8) is 0 Å². The highest BCUT2D eigenvalue weighted by Gasteiger charge is 2.06. The standard InChI is InChI=1S/C9H20N2O/c1-4-9(12)11(6-3)8-7-10-5-2/h10H,4-8H2,1-3H3. The monoisotopic (exact) mass is 172 g/mol. The first-order chi connectivity index (χ1) is 5.76. The van der Waals surface area contributed by atoms with Gasteiger partial charge in [-0.3, -0.25) is 4.79 Å². The number of amides is 1. The number of nitrogens with zero attached hydrogens (tertiary/aromatic N) is 1. The fourth-order valence-electron chi connectivity index (χ4n) is 1.07. The van der Waals surface area contributed by atoms with Crippen LogP contribution in [0.15, 0.2) is 0 Å². The predicted octanol–water partition coefficient (Wildman–Crippen LogP) is 0.854. The number of nitrogens with one attached hydrogen (secondary N) is 1. The van der Waals surface area contributed by atoms with Crippen molar-refractivity contribution >= 4 is 5.91 Å². The van der Waals surface area contributed by atoms with Gasteiger partial charge in [0, 0.05) is 26.1 Å². The van der Waals surface area contributed by atoms with E-state index in [2.05, 4.69) is 12.2 Å². The summed E-state index contributed by atoms with van der Waals surface area (Å²) >= 11 is 0. The van der Waals surface area contributed by atoms with Crippen molar-refractivity contribution < 1.29 is 4.79 Å². The summed E-state index contributed by atoms with van der Waals surface area (Å²) in [7, 11) is 0. The van der Waals surface area contributed by atoms with Crippen LogP contribution in [0, 0.1) is 0 Å². The molecule has 0 saturated heterocycles. The number of likely N-dealkylation sites (N-methyl/N-ethyl adjacent to an activating group) is 2. The van der Waals surface area contributed by atoms with E-state index in [9.17, 15) is 4.79 Å². The van der Waals surface area contributed by atoms with Crippen LogP contribution >= 0.6 is 0 Å². The van der Waals surface area contributed by atoms with Gasteiger partial charge in [0.15, 0.2) is 0 Å². The van der Waals surface area contributed by atoms with Crippen LogP contribution in [0.1, 0.15) is 27.2 Å². The first-order valence-corrected chi connectivity index (χ1v) is 4.74. The number of rotatable bonds is 6. The van der Waals surface area contributed by atoms with E-state index in [-0.39, 0.29) is 5.91 Å². The first-order valence-electron chi connectivity index (χ1n) is 4.74. The number of carbonyl (C=O) groups excluding carboxylic acids is 1. The van der Waals surface area contributed by atoms with Gasteiger partial charge in [-0.05, 0) is 13.5 Å². The molecule has 1 N–H and O–H groups in total. The molecule has 0 unspecified atom stereocenters. The molecule has 0 radical (unpaired) electrons. The predicted molar refractivity (Wildman–Crippen MR) is 51.1 cm³/mol. The van der Waals surface area contributed by atoms with Crippen molar-refractivity contribution in [3.8, 4) is 0 Å². The van der Waals surface area contributed by atoms with Crippen LogP contribution in [0.25, 0.3) is 0 Å². The molecule has 0 atom stereocenters. The number of carbonyl (C=O) groups is 1. The molecule has 0 aromatic heterocycles. The van der Waals surface area contributed by atoms with Gasteiger partial charge in [-0.2, -0.15) is 0 Å². The van der Waals surface area contributed by atoms with E-state index >= 15 is 0 Å². The summed E-state index contributed by atoms with van der Waals surface area (Å²) < 4.78 is 0. The molecule has 72 valence electrons. The van der Waals surface area contributed by atoms with Crippen LogP contribution < -0.4 is 5.32 Å². The maximum Gasteiger partial charge on any atom is 0.222 e. The van der Waals surface area contributed by atoms with Gasteiger partial charge in [-0.1, -0.05) is 13.8 Å². The Hall–Kier alpha value is -0.570. The third-order valence-corrected chi connectivity index (χ3v) is 1.85. The molecular formula is C9H20N2O. The van der Waals surface area contributed by atoms with Gasteiger partial charge in [-0.25, -0.2) is 0 Å². The van der Waals surface area contributed by atoms with E-state index in [0.29, 0.717) is 6.42 Å². The van der Waals surface area contributed by atoms with Crippen molar-refractivity contribution in [3.05, 3.63) is 0 Å². The molecule has 0 aliphatic heterocycles. The molecule has 0 aliphatic rings. The highest BCUT2D eigenvalue weighted by atomic mass is 16.2. The summed E-state index contributed by atoms with van der Waals surface area (Å²) in [6, 6.07) is 0. The van der Waals surface area contributed by atoms with Gasteiger partial charge >= 0.3 is 0 Å².